The van der Waals surface area contributed by atoms with Gasteiger partial charge >= 0.3 is 0 Å². The van der Waals surface area contributed by atoms with Crippen LogP contribution in [0.3, 0.4) is 0 Å². The van der Waals surface area contributed by atoms with Crippen molar-refractivity contribution < 1.29 is 9.53 Å². The standard InChI is InChI=1S/C14H23N3O2/c1-4-6-12-9-11(10-13(15)16-12)14(18)17(5-2)7-8-19-3/h9-10H,4-8H2,1-3H3,(H2,15,16). The van der Waals surface area contributed by atoms with E-state index in [-0.39, 0.29) is 5.91 Å². The molecule has 0 aliphatic carbocycles. The van der Waals surface area contributed by atoms with E-state index < -0.39 is 0 Å². The first-order valence-electron chi connectivity index (χ1n) is 6.67. The molecule has 1 aromatic rings. The normalized spacial score (nSPS) is 10.5. The fraction of sp³-hybridized carbons (Fsp3) is 0.571. The van der Waals surface area contributed by atoms with E-state index in [1.54, 1.807) is 18.1 Å². The number of pyridine rings is 1. The Kier molecular flexibility index (Phi) is 6.29. The molecule has 1 amide bonds. The number of anilines is 1. The van der Waals surface area contributed by atoms with Gasteiger partial charge in [-0.05, 0) is 25.5 Å². The summed E-state index contributed by atoms with van der Waals surface area (Å²) in [5.41, 5.74) is 7.24. The number of nitrogens with zero attached hydrogens (tertiary/aromatic N) is 2. The van der Waals surface area contributed by atoms with E-state index >= 15 is 0 Å². The van der Waals surface area contributed by atoms with Crippen molar-refractivity contribution in [2.75, 3.05) is 32.5 Å². The van der Waals surface area contributed by atoms with Crippen LogP contribution in [0.15, 0.2) is 12.1 Å². The van der Waals surface area contributed by atoms with Gasteiger partial charge in [0.1, 0.15) is 5.82 Å². The van der Waals surface area contributed by atoms with Gasteiger partial charge in [0.25, 0.3) is 5.91 Å². The second kappa shape index (κ2) is 7.74. The highest BCUT2D eigenvalue weighted by Crippen LogP contribution is 2.12. The van der Waals surface area contributed by atoms with E-state index in [0.29, 0.717) is 31.1 Å². The highest BCUT2D eigenvalue weighted by atomic mass is 16.5. The third-order valence-corrected chi connectivity index (χ3v) is 2.89. The first-order valence-corrected chi connectivity index (χ1v) is 6.67. The molecule has 0 spiro atoms. The minimum Gasteiger partial charge on any atom is -0.384 e. The van der Waals surface area contributed by atoms with Crippen molar-refractivity contribution in [2.45, 2.75) is 26.7 Å². The van der Waals surface area contributed by atoms with Gasteiger partial charge in [-0.15, -0.1) is 0 Å². The molecule has 5 nitrogen and oxygen atoms in total. The Hall–Kier alpha value is -1.62. The van der Waals surface area contributed by atoms with Crippen LogP contribution in [-0.2, 0) is 11.2 Å². The highest BCUT2D eigenvalue weighted by Gasteiger charge is 2.15. The molecule has 0 radical (unpaired) electrons. The van der Waals surface area contributed by atoms with Crippen LogP contribution < -0.4 is 5.73 Å². The van der Waals surface area contributed by atoms with Gasteiger partial charge in [-0.3, -0.25) is 4.79 Å². The van der Waals surface area contributed by atoms with Crippen LogP contribution in [0.4, 0.5) is 5.82 Å². The van der Waals surface area contributed by atoms with Gasteiger partial charge in [-0.1, -0.05) is 13.3 Å². The molecule has 1 heterocycles. The zero-order valence-corrected chi connectivity index (χ0v) is 12.0. The number of hydrogen-bond donors (Lipinski definition) is 1. The Labute approximate surface area is 114 Å². The lowest BCUT2D eigenvalue weighted by Gasteiger charge is -2.20. The van der Waals surface area contributed by atoms with Crippen LogP contribution in [0.2, 0.25) is 0 Å². The second-order valence-electron chi connectivity index (χ2n) is 4.40. The van der Waals surface area contributed by atoms with E-state index in [9.17, 15) is 4.79 Å². The molecule has 0 aromatic carbocycles. The quantitative estimate of drug-likeness (QED) is 0.815. The Morgan fingerprint density at radius 2 is 2.16 bits per heavy atom. The van der Waals surface area contributed by atoms with Gasteiger partial charge in [-0.25, -0.2) is 4.98 Å². The lowest BCUT2D eigenvalue weighted by Crippen LogP contribution is -2.33. The molecule has 0 fully saturated rings. The maximum absolute atomic E-state index is 12.4. The summed E-state index contributed by atoms with van der Waals surface area (Å²) >= 11 is 0. The summed E-state index contributed by atoms with van der Waals surface area (Å²) in [5.74, 6) is 0.378. The van der Waals surface area contributed by atoms with E-state index in [1.807, 2.05) is 13.0 Å². The topological polar surface area (TPSA) is 68.5 Å². The summed E-state index contributed by atoms with van der Waals surface area (Å²) in [4.78, 5) is 18.4. The van der Waals surface area contributed by atoms with E-state index in [2.05, 4.69) is 11.9 Å². The van der Waals surface area contributed by atoms with E-state index in [0.717, 1.165) is 18.5 Å². The zero-order valence-electron chi connectivity index (χ0n) is 12.0. The van der Waals surface area contributed by atoms with Crippen LogP contribution in [0.1, 0.15) is 36.3 Å². The first-order chi connectivity index (χ1) is 9.12. The number of rotatable bonds is 7. The number of hydrogen-bond acceptors (Lipinski definition) is 4. The van der Waals surface area contributed by atoms with Gasteiger partial charge in [0.15, 0.2) is 0 Å². The molecular weight excluding hydrogens is 242 g/mol. The molecule has 0 unspecified atom stereocenters. The third kappa shape index (κ3) is 4.52. The number of methoxy groups -OCH3 is 1. The molecular formula is C14H23N3O2. The van der Waals surface area contributed by atoms with Crippen LogP contribution in [0.25, 0.3) is 0 Å². The van der Waals surface area contributed by atoms with Crippen molar-refractivity contribution >= 4 is 11.7 Å². The molecule has 0 atom stereocenters. The van der Waals surface area contributed by atoms with Gasteiger partial charge < -0.3 is 15.4 Å². The zero-order chi connectivity index (χ0) is 14.3. The van der Waals surface area contributed by atoms with Crippen LogP contribution in [0, 0.1) is 0 Å². The summed E-state index contributed by atoms with van der Waals surface area (Å²) in [6.07, 6.45) is 1.81. The monoisotopic (exact) mass is 265 g/mol. The number of likely N-dealkylation sites (N-methyl/N-ethyl adjacent to an activating group) is 1. The Balaban J connectivity index is 2.90. The molecule has 19 heavy (non-hydrogen) atoms. The van der Waals surface area contributed by atoms with Crippen LogP contribution in [0.5, 0.6) is 0 Å². The number of aryl methyl sites for hydroxylation is 1. The number of ether oxygens (including phenoxy) is 1. The maximum atomic E-state index is 12.4. The SMILES string of the molecule is CCCc1cc(C(=O)N(CC)CCOC)cc(N)n1. The smallest absolute Gasteiger partial charge is 0.254 e. The number of nitrogen functional groups attached to an aromatic ring is 1. The van der Waals surface area contributed by atoms with Gasteiger partial charge in [0.2, 0.25) is 0 Å². The molecule has 5 heteroatoms. The summed E-state index contributed by atoms with van der Waals surface area (Å²) < 4.78 is 5.02. The van der Waals surface area contributed by atoms with Crippen molar-refractivity contribution in [3.63, 3.8) is 0 Å². The van der Waals surface area contributed by atoms with Gasteiger partial charge in [-0.2, -0.15) is 0 Å². The predicted octanol–water partition coefficient (Wildman–Crippen LogP) is 1.72. The number of carbonyl (C=O) groups is 1. The number of carbonyl (C=O) groups excluding carboxylic acids is 1. The molecule has 0 aliphatic heterocycles. The number of amides is 1. The van der Waals surface area contributed by atoms with Gasteiger partial charge in [0, 0.05) is 31.5 Å². The molecule has 1 rings (SSSR count). The summed E-state index contributed by atoms with van der Waals surface area (Å²) in [6.45, 7) is 5.78. The fourth-order valence-corrected chi connectivity index (χ4v) is 1.91. The largest absolute Gasteiger partial charge is 0.384 e. The molecule has 0 saturated carbocycles. The lowest BCUT2D eigenvalue weighted by atomic mass is 10.1. The Bertz CT molecular complexity index is 421. The minimum absolute atomic E-state index is 0.0222. The minimum atomic E-state index is -0.0222. The Morgan fingerprint density at radius 3 is 2.74 bits per heavy atom. The van der Waals surface area contributed by atoms with Crippen LogP contribution in [-0.4, -0.2) is 42.6 Å². The fourth-order valence-electron chi connectivity index (χ4n) is 1.91. The summed E-state index contributed by atoms with van der Waals surface area (Å²) in [5, 5.41) is 0. The second-order valence-corrected chi connectivity index (χ2v) is 4.40. The average molecular weight is 265 g/mol. The lowest BCUT2D eigenvalue weighted by molar-refractivity contribution is 0.0706. The third-order valence-electron chi connectivity index (χ3n) is 2.89. The van der Waals surface area contributed by atoms with E-state index in [1.165, 1.54) is 0 Å². The van der Waals surface area contributed by atoms with E-state index in [4.69, 9.17) is 10.5 Å². The highest BCUT2D eigenvalue weighted by molar-refractivity contribution is 5.95. The van der Waals surface area contributed by atoms with Crippen molar-refractivity contribution in [2.24, 2.45) is 0 Å². The van der Waals surface area contributed by atoms with Crippen molar-refractivity contribution in [1.29, 1.82) is 0 Å². The summed E-state index contributed by atoms with van der Waals surface area (Å²) in [7, 11) is 1.63. The first kappa shape index (κ1) is 15.4. The number of nitrogens with two attached hydrogens (primary N) is 1. The van der Waals surface area contributed by atoms with Crippen LogP contribution >= 0.6 is 0 Å². The average Bonchev–Trinajstić information content (AvgIpc) is 2.39. The molecule has 2 N–H and O–H groups in total. The number of aromatic nitrogens is 1. The van der Waals surface area contributed by atoms with Crippen molar-refractivity contribution in [3.05, 3.63) is 23.4 Å². The molecule has 106 valence electrons. The Morgan fingerprint density at radius 1 is 1.42 bits per heavy atom. The van der Waals surface area contributed by atoms with Gasteiger partial charge in [0.05, 0.1) is 6.61 Å². The van der Waals surface area contributed by atoms with Crippen molar-refractivity contribution in [3.8, 4) is 0 Å². The molecule has 0 aliphatic rings. The molecule has 0 saturated heterocycles. The maximum Gasteiger partial charge on any atom is 0.254 e. The van der Waals surface area contributed by atoms with Crippen molar-refractivity contribution in [1.82, 2.24) is 9.88 Å². The molecule has 0 bridgehead atoms. The summed E-state index contributed by atoms with van der Waals surface area (Å²) in [6, 6.07) is 3.47. The molecule has 1 aromatic heterocycles. The predicted molar refractivity (Wildman–Crippen MR) is 76.1 cm³/mol.